The summed E-state index contributed by atoms with van der Waals surface area (Å²) >= 11 is 0. The topological polar surface area (TPSA) is 86.1 Å². The molecule has 1 N–H and O–H groups in total. The van der Waals surface area contributed by atoms with E-state index in [1.165, 1.54) is 0 Å². The van der Waals surface area contributed by atoms with Gasteiger partial charge in [0.1, 0.15) is 12.3 Å². The van der Waals surface area contributed by atoms with Crippen LogP contribution in [0, 0.1) is 0 Å². The van der Waals surface area contributed by atoms with Crippen molar-refractivity contribution in [1.29, 1.82) is 0 Å². The van der Waals surface area contributed by atoms with Crippen molar-refractivity contribution in [3.8, 4) is 11.5 Å². The number of rotatable bonds is 7. The highest BCUT2D eigenvalue weighted by molar-refractivity contribution is 5.94. The van der Waals surface area contributed by atoms with E-state index in [9.17, 15) is 4.79 Å². The Labute approximate surface area is 156 Å². The molecule has 27 heavy (non-hydrogen) atoms. The van der Waals surface area contributed by atoms with E-state index in [-0.39, 0.29) is 12.5 Å². The highest BCUT2D eigenvalue weighted by Gasteiger charge is 2.16. The van der Waals surface area contributed by atoms with Gasteiger partial charge in [-0.05, 0) is 18.2 Å². The van der Waals surface area contributed by atoms with E-state index in [0.717, 1.165) is 22.2 Å². The highest BCUT2D eigenvalue weighted by atomic mass is 16.4. The van der Waals surface area contributed by atoms with Gasteiger partial charge in [0.15, 0.2) is 0 Å². The summed E-state index contributed by atoms with van der Waals surface area (Å²) in [5.41, 5.74) is 1.78. The maximum absolute atomic E-state index is 12.4. The van der Waals surface area contributed by atoms with Gasteiger partial charge in [0.05, 0.1) is 11.8 Å². The van der Waals surface area contributed by atoms with Crippen molar-refractivity contribution >= 4 is 16.8 Å². The zero-order valence-electron chi connectivity index (χ0n) is 15.0. The van der Waals surface area contributed by atoms with Crippen molar-refractivity contribution in [2.45, 2.75) is 26.3 Å². The number of nitrogens with one attached hydrogen (secondary N) is 1. The summed E-state index contributed by atoms with van der Waals surface area (Å²) in [6, 6.07) is 11.6. The monoisotopic (exact) mass is 364 g/mol. The van der Waals surface area contributed by atoms with Gasteiger partial charge < -0.3 is 18.7 Å². The van der Waals surface area contributed by atoms with Crippen molar-refractivity contribution in [1.82, 2.24) is 20.1 Å². The minimum Gasteiger partial charge on any atom is -0.469 e. The summed E-state index contributed by atoms with van der Waals surface area (Å²) in [4.78, 5) is 12.4. The Morgan fingerprint density at radius 1 is 1.19 bits per heavy atom. The first kappa shape index (κ1) is 17.1. The van der Waals surface area contributed by atoms with Crippen LogP contribution in [0.25, 0.3) is 22.4 Å². The minimum absolute atomic E-state index is 0.0614. The summed E-state index contributed by atoms with van der Waals surface area (Å²) in [5, 5.41) is 12.1. The van der Waals surface area contributed by atoms with Gasteiger partial charge >= 0.3 is 0 Å². The smallest absolute Gasteiger partial charge is 0.249 e. The van der Waals surface area contributed by atoms with Crippen LogP contribution in [0.1, 0.15) is 18.6 Å². The fraction of sp³-hybridized carbons (Fsp3) is 0.250. The molecule has 0 aliphatic rings. The van der Waals surface area contributed by atoms with Crippen LogP contribution in [0.5, 0.6) is 0 Å². The van der Waals surface area contributed by atoms with E-state index in [2.05, 4.69) is 15.5 Å². The van der Waals surface area contributed by atoms with Crippen molar-refractivity contribution in [2.75, 3.05) is 6.54 Å². The molecule has 0 saturated heterocycles. The van der Waals surface area contributed by atoms with Crippen LogP contribution in [0.15, 0.2) is 57.7 Å². The first-order chi connectivity index (χ1) is 13.2. The van der Waals surface area contributed by atoms with Gasteiger partial charge in [0, 0.05) is 36.5 Å². The van der Waals surface area contributed by atoms with Gasteiger partial charge in [-0.25, -0.2) is 0 Å². The number of carbonyl (C=O) groups excluding carboxylic acids is 1. The zero-order valence-corrected chi connectivity index (χ0v) is 15.0. The SMILES string of the molecule is CCc1nnc(-c2cn(CC(=O)NCCc3ccco3)c3ccccc23)o1. The second kappa shape index (κ2) is 7.49. The van der Waals surface area contributed by atoms with Crippen LogP contribution >= 0.6 is 0 Å². The zero-order chi connectivity index (χ0) is 18.6. The molecule has 0 spiro atoms. The molecule has 0 bridgehead atoms. The number of fused-ring (bicyclic) bond motifs is 1. The predicted octanol–water partition coefficient (Wildman–Crippen LogP) is 3.21. The van der Waals surface area contributed by atoms with E-state index in [0.29, 0.717) is 31.2 Å². The number of nitrogens with zero attached hydrogens (tertiary/aromatic N) is 3. The lowest BCUT2D eigenvalue weighted by Gasteiger charge is -2.06. The van der Waals surface area contributed by atoms with Crippen molar-refractivity contribution < 1.29 is 13.6 Å². The van der Waals surface area contributed by atoms with Gasteiger partial charge in [-0.2, -0.15) is 0 Å². The molecule has 4 aromatic rings. The molecule has 7 heteroatoms. The Morgan fingerprint density at radius 3 is 2.85 bits per heavy atom. The molecule has 1 aromatic carbocycles. The molecule has 3 heterocycles. The summed E-state index contributed by atoms with van der Waals surface area (Å²) in [7, 11) is 0. The fourth-order valence-corrected chi connectivity index (χ4v) is 3.04. The summed E-state index contributed by atoms with van der Waals surface area (Å²) in [6.45, 7) is 2.71. The van der Waals surface area contributed by atoms with E-state index in [4.69, 9.17) is 8.83 Å². The lowest BCUT2D eigenvalue weighted by atomic mass is 10.2. The minimum atomic E-state index is -0.0614. The quantitative estimate of drug-likeness (QED) is 0.544. The Balaban J connectivity index is 1.52. The second-order valence-corrected chi connectivity index (χ2v) is 6.22. The number of benzene rings is 1. The van der Waals surface area contributed by atoms with Gasteiger partial charge in [-0.1, -0.05) is 25.1 Å². The first-order valence-electron chi connectivity index (χ1n) is 8.94. The number of aryl methyl sites for hydroxylation is 1. The van der Waals surface area contributed by atoms with Crippen LogP contribution in [-0.4, -0.2) is 27.2 Å². The Morgan fingerprint density at radius 2 is 2.07 bits per heavy atom. The highest BCUT2D eigenvalue weighted by Crippen LogP contribution is 2.29. The Kier molecular flexibility index (Phi) is 4.74. The lowest BCUT2D eigenvalue weighted by Crippen LogP contribution is -2.29. The molecular weight excluding hydrogens is 344 g/mol. The van der Waals surface area contributed by atoms with Crippen molar-refractivity contribution in [3.05, 3.63) is 60.5 Å². The predicted molar refractivity (Wildman–Crippen MR) is 100 cm³/mol. The average Bonchev–Trinajstić information content (AvgIpc) is 3.42. The number of aromatic nitrogens is 3. The average molecular weight is 364 g/mol. The molecule has 0 fully saturated rings. The Bertz CT molecular complexity index is 1050. The third-order valence-electron chi connectivity index (χ3n) is 4.38. The molecule has 1 amide bonds. The van der Waals surface area contributed by atoms with Crippen LogP contribution in [-0.2, 0) is 24.2 Å². The largest absolute Gasteiger partial charge is 0.469 e. The lowest BCUT2D eigenvalue weighted by molar-refractivity contribution is -0.121. The van der Waals surface area contributed by atoms with Crippen molar-refractivity contribution in [2.24, 2.45) is 0 Å². The summed E-state index contributed by atoms with van der Waals surface area (Å²) in [6.07, 6.45) is 4.87. The van der Waals surface area contributed by atoms with Gasteiger partial charge in [-0.15, -0.1) is 10.2 Å². The molecule has 0 atom stereocenters. The molecule has 0 saturated carbocycles. The van der Waals surface area contributed by atoms with Crippen LogP contribution in [0.3, 0.4) is 0 Å². The van der Waals surface area contributed by atoms with E-state index in [1.54, 1.807) is 6.26 Å². The maximum Gasteiger partial charge on any atom is 0.249 e. The molecule has 0 aliphatic heterocycles. The fourth-order valence-electron chi connectivity index (χ4n) is 3.04. The molecule has 0 unspecified atom stereocenters. The molecule has 0 radical (unpaired) electrons. The second-order valence-electron chi connectivity index (χ2n) is 6.22. The Hall–Kier alpha value is -3.35. The van der Waals surface area contributed by atoms with E-state index >= 15 is 0 Å². The van der Waals surface area contributed by atoms with E-state index in [1.807, 2.05) is 54.1 Å². The maximum atomic E-state index is 12.4. The third-order valence-corrected chi connectivity index (χ3v) is 4.38. The van der Waals surface area contributed by atoms with Crippen LogP contribution in [0.4, 0.5) is 0 Å². The molecule has 0 aliphatic carbocycles. The van der Waals surface area contributed by atoms with Gasteiger partial charge in [-0.3, -0.25) is 4.79 Å². The van der Waals surface area contributed by atoms with Crippen molar-refractivity contribution in [3.63, 3.8) is 0 Å². The van der Waals surface area contributed by atoms with Gasteiger partial charge in [0.25, 0.3) is 0 Å². The number of amides is 1. The number of hydrogen-bond acceptors (Lipinski definition) is 5. The standard InChI is InChI=1S/C20H20N4O3/c1-2-19-22-23-20(27-19)16-12-24(17-8-4-3-7-15(16)17)13-18(25)21-10-9-14-6-5-11-26-14/h3-8,11-12H,2,9-10,13H2,1H3,(H,21,25). The molecule has 4 rings (SSSR count). The molecular formula is C20H20N4O3. The molecule has 7 nitrogen and oxygen atoms in total. The number of furan rings is 1. The van der Waals surface area contributed by atoms with Crippen LogP contribution in [0.2, 0.25) is 0 Å². The number of carbonyl (C=O) groups is 1. The third kappa shape index (κ3) is 3.62. The molecule has 3 aromatic heterocycles. The number of hydrogen-bond donors (Lipinski definition) is 1. The van der Waals surface area contributed by atoms with Gasteiger partial charge in [0.2, 0.25) is 17.7 Å². The normalized spacial score (nSPS) is 11.1. The summed E-state index contributed by atoms with van der Waals surface area (Å²) in [5.74, 6) is 1.86. The first-order valence-corrected chi connectivity index (χ1v) is 8.94. The molecule has 138 valence electrons. The summed E-state index contributed by atoms with van der Waals surface area (Å²) < 4.78 is 12.9. The van der Waals surface area contributed by atoms with E-state index < -0.39 is 0 Å². The van der Waals surface area contributed by atoms with Crippen LogP contribution < -0.4 is 5.32 Å². The number of para-hydroxylation sites is 1.